The fourth-order valence-electron chi connectivity index (χ4n) is 3.28. The Balaban J connectivity index is 1.71. The molecule has 0 unspecified atom stereocenters. The number of aromatic nitrogens is 4. The zero-order valence-corrected chi connectivity index (χ0v) is 18.7. The van der Waals surface area contributed by atoms with Crippen molar-refractivity contribution in [3.8, 4) is 0 Å². The van der Waals surface area contributed by atoms with Gasteiger partial charge in [-0.2, -0.15) is 0 Å². The van der Waals surface area contributed by atoms with Gasteiger partial charge in [0.25, 0.3) is 10.0 Å². The molecule has 4 aromatic rings. The first kappa shape index (κ1) is 21.7. The van der Waals surface area contributed by atoms with Gasteiger partial charge in [-0.1, -0.05) is 11.6 Å². The molecule has 0 amide bonds. The monoisotopic (exact) mass is 470 g/mol. The highest BCUT2D eigenvalue weighted by molar-refractivity contribution is 7.92. The molecule has 9 nitrogen and oxygen atoms in total. The number of hydrogen-bond acceptors (Lipinski definition) is 7. The Morgan fingerprint density at radius 2 is 1.88 bits per heavy atom. The van der Waals surface area contributed by atoms with E-state index in [0.717, 1.165) is 0 Å². The summed E-state index contributed by atoms with van der Waals surface area (Å²) in [5.41, 5.74) is 7.23. The SMILES string of the molecule is CC(C)n1cc(C(=O)c2cncc(NS(=O)(=O)c3ccc(Cl)cc3)c2)c2c(N)ncnc21. The first-order valence-electron chi connectivity index (χ1n) is 9.56. The second kappa shape index (κ2) is 8.21. The van der Waals surface area contributed by atoms with E-state index in [0.29, 0.717) is 21.6 Å². The minimum atomic E-state index is -3.89. The van der Waals surface area contributed by atoms with Crippen molar-refractivity contribution in [1.82, 2.24) is 19.5 Å². The summed E-state index contributed by atoms with van der Waals surface area (Å²) in [4.78, 5) is 25.7. The van der Waals surface area contributed by atoms with E-state index in [1.165, 1.54) is 49.1 Å². The summed E-state index contributed by atoms with van der Waals surface area (Å²) in [6.07, 6.45) is 5.70. The number of rotatable bonds is 6. The summed E-state index contributed by atoms with van der Waals surface area (Å²) in [5, 5.41) is 0.861. The fraction of sp³-hybridized carbons (Fsp3) is 0.143. The molecule has 0 saturated heterocycles. The zero-order chi connectivity index (χ0) is 23.0. The molecule has 3 heterocycles. The van der Waals surface area contributed by atoms with Crippen LogP contribution in [0.25, 0.3) is 11.0 Å². The third kappa shape index (κ3) is 4.02. The zero-order valence-electron chi connectivity index (χ0n) is 17.2. The molecule has 0 aliphatic carbocycles. The van der Waals surface area contributed by atoms with Crippen LogP contribution in [-0.4, -0.2) is 33.7 Å². The molecule has 1 aromatic carbocycles. The number of anilines is 2. The minimum absolute atomic E-state index is 0.0311. The van der Waals surface area contributed by atoms with Crippen LogP contribution in [0.15, 0.2) is 60.1 Å². The number of sulfonamides is 1. The number of carbonyl (C=O) groups excluding carboxylic acids is 1. The van der Waals surface area contributed by atoms with E-state index in [4.69, 9.17) is 17.3 Å². The molecule has 0 fully saturated rings. The van der Waals surface area contributed by atoms with E-state index in [-0.39, 0.29) is 33.8 Å². The van der Waals surface area contributed by atoms with Crippen molar-refractivity contribution in [2.75, 3.05) is 10.5 Å². The maximum Gasteiger partial charge on any atom is 0.261 e. The second-order valence-electron chi connectivity index (χ2n) is 7.35. The quantitative estimate of drug-likeness (QED) is 0.410. The van der Waals surface area contributed by atoms with Crippen LogP contribution in [0, 0.1) is 0 Å². The summed E-state index contributed by atoms with van der Waals surface area (Å²) >= 11 is 5.83. The van der Waals surface area contributed by atoms with Gasteiger partial charge in [0.05, 0.1) is 27.7 Å². The van der Waals surface area contributed by atoms with Crippen LogP contribution >= 0.6 is 11.6 Å². The van der Waals surface area contributed by atoms with Crippen LogP contribution in [0.4, 0.5) is 11.5 Å². The Morgan fingerprint density at radius 3 is 2.56 bits per heavy atom. The van der Waals surface area contributed by atoms with Gasteiger partial charge in [0.2, 0.25) is 0 Å². The topological polar surface area (TPSA) is 133 Å². The lowest BCUT2D eigenvalue weighted by Gasteiger charge is -2.09. The number of nitrogens with two attached hydrogens (primary N) is 1. The minimum Gasteiger partial charge on any atom is -0.383 e. The third-order valence-electron chi connectivity index (χ3n) is 4.82. The van der Waals surface area contributed by atoms with E-state index in [1.54, 1.807) is 6.20 Å². The molecule has 32 heavy (non-hydrogen) atoms. The first-order chi connectivity index (χ1) is 15.2. The Hall–Kier alpha value is -3.50. The summed E-state index contributed by atoms with van der Waals surface area (Å²) in [5.74, 6) is -0.193. The van der Waals surface area contributed by atoms with Crippen LogP contribution < -0.4 is 10.5 Å². The highest BCUT2D eigenvalue weighted by Gasteiger charge is 2.22. The number of benzene rings is 1. The first-order valence-corrected chi connectivity index (χ1v) is 11.4. The van der Waals surface area contributed by atoms with Gasteiger partial charge in [-0.05, 0) is 44.2 Å². The molecular weight excluding hydrogens is 452 g/mol. The number of nitrogens with one attached hydrogen (secondary N) is 1. The maximum atomic E-state index is 13.3. The summed E-state index contributed by atoms with van der Waals surface area (Å²) in [6.45, 7) is 3.92. The Kier molecular flexibility index (Phi) is 5.57. The molecule has 3 N–H and O–H groups in total. The van der Waals surface area contributed by atoms with Gasteiger partial charge in [0.1, 0.15) is 17.8 Å². The maximum absolute atomic E-state index is 13.3. The normalized spacial score (nSPS) is 11.8. The van der Waals surface area contributed by atoms with Crippen molar-refractivity contribution in [2.45, 2.75) is 24.8 Å². The number of fused-ring (bicyclic) bond motifs is 1. The van der Waals surface area contributed by atoms with Gasteiger partial charge < -0.3 is 10.3 Å². The molecule has 164 valence electrons. The van der Waals surface area contributed by atoms with Gasteiger partial charge in [-0.15, -0.1) is 0 Å². The lowest BCUT2D eigenvalue weighted by Crippen LogP contribution is -2.13. The van der Waals surface area contributed by atoms with E-state index < -0.39 is 10.0 Å². The van der Waals surface area contributed by atoms with Crippen molar-refractivity contribution in [1.29, 1.82) is 0 Å². The highest BCUT2D eigenvalue weighted by Crippen LogP contribution is 2.29. The van der Waals surface area contributed by atoms with Crippen molar-refractivity contribution >= 4 is 49.9 Å². The van der Waals surface area contributed by atoms with Gasteiger partial charge >= 0.3 is 0 Å². The molecule has 0 aliphatic heterocycles. The van der Waals surface area contributed by atoms with Crippen LogP contribution in [0.5, 0.6) is 0 Å². The van der Waals surface area contributed by atoms with E-state index in [2.05, 4.69) is 19.7 Å². The number of halogens is 1. The highest BCUT2D eigenvalue weighted by atomic mass is 35.5. The summed E-state index contributed by atoms with van der Waals surface area (Å²) < 4.78 is 29.6. The predicted molar refractivity (Wildman–Crippen MR) is 122 cm³/mol. The average molecular weight is 471 g/mol. The molecule has 0 saturated carbocycles. The van der Waals surface area contributed by atoms with Gasteiger partial charge in [0, 0.05) is 29.0 Å². The summed E-state index contributed by atoms with van der Waals surface area (Å²) in [7, 11) is -3.89. The number of nitrogen functional groups attached to an aromatic ring is 1. The number of hydrogen-bond donors (Lipinski definition) is 2. The largest absolute Gasteiger partial charge is 0.383 e. The smallest absolute Gasteiger partial charge is 0.261 e. The van der Waals surface area contributed by atoms with E-state index >= 15 is 0 Å². The molecule has 0 radical (unpaired) electrons. The third-order valence-corrected chi connectivity index (χ3v) is 6.47. The van der Waals surface area contributed by atoms with Crippen molar-refractivity contribution in [2.24, 2.45) is 0 Å². The number of ketones is 1. The Morgan fingerprint density at radius 1 is 1.16 bits per heavy atom. The number of carbonyl (C=O) groups is 1. The van der Waals surface area contributed by atoms with Crippen LogP contribution in [0.2, 0.25) is 5.02 Å². The van der Waals surface area contributed by atoms with Gasteiger partial charge in [-0.3, -0.25) is 14.5 Å². The molecule has 0 atom stereocenters. The molecule has 0 bridgehead atoms. The standard InChI is InChI=1S/C21H19ClN6O3S/c1-12(2)28-10-17(18-20(23)25-11-26-21(18)28)19(29)13-7-15(9-24-8-13)27-32(30,31)16-5-3-14(22)4-6-16/h3-12,27H,1-2H3,(H2,23,25,26). The fourth-order valence-corrected chi connectivity index (χ4v) is 4.44. The Labute approximate surface area is 189 Å². The predicted octanol–water partition coefficient (Wildman–Crippen LogP) is 3.67. The molecule has 11 heteroatoms. The summed E-state index contributed by atoms with van der Waals surface area (Å²) in [6, 6.07) is 7.18. The Bertz CT molecular complexity index is 1430. The van der Waals surface area contributed by atoms with E-state index in [1.807, 2.05) is 18.4 Å². The average Bonchev–Trinajstić information content (AvgIpc) is 3.15. The second-order valence-corrected chi connectivity index (χ2v) is 9.47. The van der Waals surface area contributed by atoms with Gasteiger partial charge in [0.15, 0.2) is 5.78 Å². The molecule has 0 aliphatic rings. The van der Waals surface area contributed by atoms with Crippen molar-refractivity contribution in [3.63, 3.8) is 0 Å². The molecule has 3 aromatic heterocycles. The van der Waals surface area contributed by atoms with Crippen LogP contribution in [0.1, 0.15) is 35.8 Å². The van der Waals surface area contributed by atoms with Crippen molar-refractivity contribution < 1.29 is 13.2 Å². The van der Waals surface area contributed by atoms with E-state index in [9.17, 15) is 13.2 Å². The molecular formula is C21H19ClN6O3S. The van der Waals surface area contributed by atoms with Crippen LogP contribution in [-0.2, 0) is 10.0 Å². The van der Waals surface area contributed by atoms with Crippen molar-refractivity contribution in [3.05, 3.63) is 71.4 Å². The number of nitrogens with zero attached hydrogens (tertiary/aromatic N) is 4. The number of pyridine rings is 1. The molecule has 0 spiro atoms. The van der Waals surface area contributed by atoms with Gasteiger partial charge in [-0.25, -0.2) is 18.4 Å². The van der Waals surface area contributed by atoms with Crippen LogP contribution in [0.3, 0.4) is 0 Å². The lowest BCUT2D eigenvalue weighted by atomic mass is 10.1. The lowest BCUT2D eigenvalue weighted by molar-refractivity contribution is 0.103. The molecule has 4 rings (SSSR count).